The van der Waals surface area contributed by atoms with E-state index in [1.165, 1.54) is 12.8 Å². The third-order valence-corrected chi connectivity index (χ3v) is 5.43. The molecule has 3 rings (SSSR count). The number of likely N-dealkylation sites (N-methyl/N-ethyl adjacent to an activating group) is 1. The number of rotatable bonds is 8. The third kappa shape index (κ3) is 5.60. The molecule has 0 saturated heterocycles. The summed E-state index contributed by atoms with van der Waals surface area (Å²) in [6, 6.07) is 7.55. The van der Waals surface area contributed by atoms with Crippen molar-refractivity contribution in [1.29, 1.82) is 0 Å². The molecule has 0 bridgehead atoms. The molecule has 148 valence electrons. The highest BCUT2D eigenvalue weighted by Crippen LogP contribution is 2.26. The number of carbonyl (C=O) groups excluding carboxylic acids is 1. The van der Waals surface area contributed by atoms with Crippen LogP contribution in [0.3, 0.4) is 0 Å². The molecular weight excluding hydrogens is 346 g/mol. The predicted octanol–water partition coefficient (Wildman–Crippen LogP) is 3.07. The van der Waals surface area contributed by atoms with E-state index in [1.807, 2.05) is 36.1 Å². The minimum Gasteiger partial charge on any atom is -0.490 e. The molecule has 2 fully saturated rings. The van der Waals surface area contributed by atoms with Crippen molar-refractivity contribution >= 4 is 17.7 Å². The molecule has 0 spiro atoms. The molecule has 1 aromatic carbocycles. The number of benzene rings is 1. The number of amides is 2. The first-order valence-corrected chi connectivity index (χ1v) is 9.83. The van der Waals surface area contributed by atoms with E-state index in [0.29, 0.717) is 12.6 Å². The van der Waals surface area contributed by atoms with Gasteiger partial charge in [-0.1, -0.05) is 6.92 Å². The molecule has 27 heavy (non-hydrogen) atoms. The summed E-state index contributed by atoms with van der Waals surface area (Å²) in [7, 11) is 0. The zero-order chi connectivity index (χ0) is 19.2. The Balaban J connectivity index is 1.39. The van der Waals surface area contributed by atoms with Crippen LogP contribution in [0.25, 0.3) is 0 Å². The second-order valence-electron chi connectivity index (χ2n) is 7.43. The van der Waals surface area contributed by atoms with Gasteiger partial charge in [-0.05, 0) is 69.3 Å². The number of carboxylic acids is 1. The number of urea groups is 1. The quantitative estimate of drug-likeness (QED) is 0.650. The summed E-state index contributed by atoms with van der Waals surface area (Å²) in [6.07, 6.45) is 6.59. The smallest absolute Gasteiger partial charge is 0.319 e. The van der Waals surface area contributed by atoms with Crippen molar-refractivity contribution in [3.63, 3.8) is 0 Å². The number of carbonyl (C=O) groups is 2. The second kappa shape index (κ2) is 9.08. The van der Waals surface area contributed by atoms with Crippen LogP contribution in [0.5, 0.6) is 5.75 Å². The van der Waals surface area contributed by atoms with Gasteiger partial charge in [0.1, 0.15) is 5.75 Å². The Morgan fingerprint density at radius 2 is 1.85 bits per heavy atom. The molecule has 3 N–H and O–H groups in total. The Morgan fingerprint density at radius 3 is 2.44 bits per heavy atom. The number of nitrogens with one attached hydrogen (secondary N) is 2. The average Bonchev–Trinajstić information content (AvgIpc) is 3.10. The lowest BCUT2D eigenvalue weighted by Gasteiger charge is -2.42. The lowest BCUT2D eigenvalue weighted by Crippen LogP contribution is -2.55. The first-order valence-electron chi connectivity index (χ1n) is 9.83. The van der Waals surface area contributed by atoms with Gasteiger partial charge in [0.15, 0.2) is 0 Å². The van der Waals surface area contributed by atoms with E-state index < -0.39 is 5.97 Å². The third-order valence-electron chi connectivity index (χ3n) is 5.43. The fourth-order valence-electron chi connectivity index (χ4n) is 3.84. The molecule has 0 radical (unpaired) electrons. The normalized spacial score (nSPS) is 22.3. The second-order valence-corrected chi connectivity index (χ2v) is 7.43. The highest BCUT2D eigenvalue weighted by atomic mass is 16.5. The van der Waals surface area contributed by atoms with E-state index in [9.17, 15) is 9.59 Å². The molecule has 7 nitrogen and oxygen atoms in total. The average molecular weight is 375 g/mol. The SMILES string of the molecule is CCN(CC(=O)O)C1CC(NC(=O)Nc2ccc(OC3CCCC3)cc2)C1. The molecule has 0 aliphatic heterocycles. The molecule has 1 aromatic rings. The van der Waals surface area contributed by atoms with Crippen molar-refractivity contribution in [3.05, 3.63) is 24.3 Å². The maximum atomic E-state index is 12.1. The number of aliphatic carboxylic acids is 1. The van der Waals surface area contributed by atoms with Gasteiger partial charge in [-0.3, -0.25) is 9.69 Å². The van der Waals surface area contributed by atoms with Crippen LogP contribution < -0.4 is 15.4 Å². The number of hydrogen-bond donors (Lipinski definition) is 3. The van der Waals surface area contributed by atoms with Gasteiger partial charge in [-0.25, -0.2) is 4.79 Å². The van der Waals surface area contributed by atoms with Crippen LogP contribution in [0.2, 0.25) is 0 Å². The van der Waals surface area contributed by atoms with Gasteiger partial charge in [-0.2, -0.15) is 0 Å². The van der Waals surface area contributed by atoms with Crippen molar-refractivity contribution in [2.45, 2.75) is 63.6 Å². The minimum atomic E-state index is -0.814. The number of hydrogen-bond acceptors (Lipinski definition) is 4. The Kier molecular flexibility index (Phi) is 6.55. The fraction of sp³-hybridized carbons (Fsp3) is 0.600. The molecular formula is C20H29N3O4. The van der Waals surface area contributed by atoms with E-state index in [2.05, 4.69) is 10.6 Å². The van der Waals surface area contributed by atoms with Crippen molar-refractivity contribution in [2.75, 3.05) is 18.4 Å². The summed E-state index contributed by atoms with van der Waals surface area (Å²) >= 11 is 0. The van der Waals surface area contributed by atoms with E-state index >= 15 is 0 Å². The predicted molar refractivity (Wildman–Crippen MR) is 103 cm³/mol. The molecule has 0 aromatic heterocycles. The summed E-state index contributed by atoms with van der Waals surface area (Å²) in [5, 5.41) is 14.7. The summed E-state index contributed by atoms with van der Waals surface area (Å²) < 4.78 is 5.92. The van der Waals surface area contributed by atoms with Crippen LogP contribution in [0.15, 0.2) is 24.3 Å². The lowest BCUT2D eigenvalue weighted by atomic mass is 9.85. The van der Waals surface area contributed by atoms with Crippen molar-refractivity contribution in [3.8, 4) is 5.75 Å². The van der Waals surface area contributed by atoms with Gasteiger partial charge < -0.3 is 20.5 Å². The molecule has 7 heteroatoms. The van der Waals surface area contributed by atoms with E-state index in [-0.39, 0.29) is 24.7 Å². The summed E-state index contributed by atoms with van der Waals surface area (Å²) in [5.74, 6) is 0.0270. The van der Waals surface area contributed by atoms with Crippen LogP contribution >= 0.6 is 0 Å². The molecule has 2 aliphatic rings. The van der Waals surface area contributed by atoms with Crippen LogP contribution in [0, 0.1) is 0 Å². The Bertz CT molecular complexity index is 637. The molecule has 0 heterocycles. The maximum absolute atomic E-state index is 12.1. The van der Waals surface area contributed by atoms with Crippen LogP contribution in [-0.2, 0) is 4.79 Å². The van der Waals surface area contributed by atoms with Crippen molar-refractivity contribution < 1.29 is 19.4 Å². The van der Waals surface area contributed by atoms with E-state index in [4.69, 9.17) is 9.84 Å². The Labute approximate surface area is 160 Å². The van der Waals surface area contributed by atoms with Crippen LogP contribution in [-0.4, -0.2) is 53.3 Å². The zero-order valence-corrected chi connectivity index (χ0v) is 15.8. The van der Waals surface area contributed by atoms with Gasteiger partial charge in [0.05, 0.1) is 12.6 Å². The zero-order valence-electron chi connectivity index (χ0n) is 15.8. The largest absolute Gasteiger partial charge is 0.490 e. The van der Waals surface area contributed by atoms with Gasteiger partial charge >= 0.3 is 12.0 Å². The topological polar surface area (TPSA) is 90.9 Å². The monoisotopic (exact) mass is 375 g/mol. The first-order chi connectivity index (χ1) is 13.0. The Morgan fingerprint density at radius 1 is 1.19 bits per heavy atom. The minimum absolute atomic E-state index is 0.0510. The van der Waals surface area contributed by atoms with Crippen LogP contribution in [0.1, 0.15) is 45.4 Å². The van der Waals surface area contributed by atoms with Crippen molar-refractivity contribution in [2.24, 2.45) is 0 Å². The summed E-state index contributed by atoms with van der Waals surface area (Å²) in [4.78, 5) is 24.9. The Hall–Kier alpha value is -2.28. The van der Waals surface area contributed by atoms with Crippen molar-refractivity contribution in [1.82, 2.24) is 10.2 Å². The molecule has 0 atom stereocenters. The summed E-state index contributed by atoms with van der Waals surface area (Å²) in [5.41, 5.74) is 0.725. The molecule has 0 unspecified atom stereocenters. The number of carboxylic acid groups (broad SMARTS) is 1. The maximum Gasteiger partial charge on any atom is 0.319 e. The van der Waals surface area contributed by atoms with Gasteiger partial charge in [0, 0.05) is 17.8 Å². The van der Waals surface area contributed by atoms with Gasteiger partial charge in [0.2, 0.25) is 0 Å². The molecule has 2 aliphatic carbocycles. The lowest BCUT2D eigenvalue weighted by molar-refractivity contribution is -0.139. The number of nitrogens with zero attached hydrogens (tertiary/aromatic N) is 1. The summed E-state index contributed by atoms with van der Waals surface area (Å²) in [6.45, 7) is 2.71. The first kappa shape index (κ1) is 19.5. The van der Waals surface area contributed by atoms with E-state index in [1.54, 1.807) is 0 Å². The standard InChI is InChI=1S/C20H29N3O4/c1-2-23(13-19(24)25)16-11-15(12-16)22-20(26)21-14-7-9-18(10-8-14)27-17-5-3-4-6-17/h7-10,15-17H,2-6,11-13H2,1H3,(H,24,25)(H2,21,22,26). The van der Waals surface area contributed by atoms with Crippen LogP contribution in [0.4, 0.5) is 10.5 Å². The highest BCUT2D eigenvalue weighted by molar-refractivity contribution is 5.89. The highest BCUT2D eigenvalue weighted by Gasteiger charge is 2.34. The fourth-order valence-corrected chi connectivity index (χ4v) is 3.84. The number of anilines is 1. The number of ether oxygens (including phenoxy) is 1. The van der Waals surface area contributed by atoms with Gasteiger partial charge in [0.25, 0.3) is 0 Å². The molecule has 2 saturated carbocycles. The van der Waals surface area contributed by atoms with E-state index in [0.717, 1.165) is 37.1 Å². The molecule has 2 amide bonds. The van der Waals surface area contributed by atoms with Gasteiger partial charge in [-0.15, -0.1) is 0 Å².